The number of ether oxygens (including phenoxy) is 1. The van der Waals surface area contributed by atoms with Crippen LogP contribution in [-0.2, 0) is 0 Å². The third-order valence-electron chi connectivity index (χ3n) is 4.32. The molecule has 1 aromatic heterocycles. The van der Waals surface area contributed by atoms with E-state index in [4.69, 9.17) is 4.74 Å². The Morgan fingerprint density at radius 3 is 2.89 bits per heavy atom. The highest BCUT2D eigenvalue weighted by Gasteiger charge is 2.31. The Bertz CT molecular complexity index is 904. The molecule has 1 amide bonds. The third kappa shape index (κ3) is 4.09. The van der Waals surface area contributed by atoms with Crippen molar-refractivity contribution in [3.05, 3.63) is 53.3 Å². The third-order valence-corrected chi connectivity index (χ3v) is 5.41. The number of phenolic OH excluding ortho intramolecular Hbond substituents is 1. The highest BCUT2D eigenvalue weighted by atomic mass is 32.2. The Kier molecular flexibility index (Phi) is 6.15. The number of carbonyl (C=O) groups is 3. The first kappa shape index (κ1) is 19.7. The Balaban J connectivity index is 1.80. The summed E-state index contributed by atoms with van der Waals surface area (Å²) >= 11 is 1.65. The molecule has 2 aromatic rings. The number of phenols is 1. The number of hydrogen-bond donors (Lipinski definition) is 2. The fraction of sp³-hybridized carbons (Fsp3) is 0.263. The number of carboxylic acids is 1. The molecule has 3 rings (SSSR count). The summed E-state index contributed by atoms with van der Waals surface area (Å²) in [4.78, 5) is 40.9. The van der Waals surface area contributed by atoms with E-state index in [2.05, 4.69) is 4.98 Å². The van der Waals surface area contributed by atoms with Gasteiger partial charge < -0.3 is 19.8 Å². The lowest BCUT2D eigenvalue weighted by Crippen LogP contribution is -2.49. The second-order valence-electron chi connectivity index (χ2n) is 6.05. The number of aromatic carboxylic acids is 1. The van der Waals surface area contributed by atoms with Crippen molar-refractivity contribution in [2.45, 2.75) is 6.04 Å². The van der Waals surface area contributed by atoms with E-state index in [1.807, 2.05) is 0 Å². The fourth-order valence-electron chi connectivity index (χ4n) is 2.93. The van der Waals surface area contributed by atoms with Crippen LogP contribution in [0.3, 0.4) is 0 Å². The lowest BCUT2D eigenvalue weighted by molar-refractivity contribution is 0.0620. The van der Waals surface area contributed by atoms with E-state index in [1.165, 1.54) is 24.4 Å². The zero-order valence-electron chi connectivity index (χ0n) is 14.8. The zero-order chi connectivity index (χ0) is 20.1. The number of thioether (sulfide) groups is 1. The predicted molar refractivity (Wildman–Crippen MR) is 102 cm³/mol. The normalized spacial score (nSPS) is 16.4. The van der Waals surface area contributed by atoms with Crippen LogP contribution in [-0.4, -0.2) is 69.0 Å². The Morgan fingerprint density at radius 2 is 2.14 bits per heavy atom. The Labute approximate surface area is 165 Å². The van der Waals surface area contributed by atoms with E-state index in [-0.39, 0.29) is 41.0 Å². The molecule has 9 heteroatoms. The number of benzene rings is 1. The van der Waals surface area contributed by atoms with Gasteiger partial charge in [-0.25, -0.2) is 9.78 Å². The van der Waals surface area contributed by atoms with Gasteiger partial charge in [-0.2, -0.15) is 11.8 Å². The van der Waals surface area contributed by atoms with Crippen molar-refractivity contribution in [1.29, 1.82) is 0 Å². The van der Waals surface area contributed by atoms with Gasteiger partial charge >= 0.3 is 5.97 Å². The number of hydrogen-bond acceptors (Lipinski definition) is 7. The zero-order valence-corrected chi connectivity index (χ0v) is 15.6. The first-order chi connectivity index (χ1) is 13.5. The number of pyridine rings is 1. The summed E-state index contributed by atoms with van der Waals surface area (Å²) in [5, 5.41) is 19.1. The first-order valence-corrected chi connectivity index (χ1v) is 9.65. The highest BCUT2D eigenvalue weighted by molar-refractivity contribution is 7.99. The molecule has 146 valence electrons. The van der Waals surface area contributed by atoms with Gasteiger partial charge in [0, 0.05) is 24.2 Å². The van der Waals surface area contributed by atoms with Gasteiger partial charge in [0.05, 0.1) is 17.2 Å². The Morgan fingerprint density at radius 1 is 1.32 bits per heavy atom. The summed E-state index contributed by atoms with van der Waals surface area (Å²) in [6, 6.07) is 7.15. The molecule has 0 aliphatic carbocycles. The van der Waals surface area contributed by atoms with Crippen LogP contribution in [0.5, 0.6) is 11.5 Å². The number of aldehydes is 1. The van der Waals surface area contributed by atoms with Gasteiger partial charge in [-0.05, 0) is 24.3 Å². The van der Waals surface area contributed by atoms with Crippen molar-refractivity contribution >= 4 is 29.9 Å². The van der Waals surface area contributed by atoms with E-state index in [0.717, 1.165) is 5.75 Å². The van der Waals surface area contributed by atoms with Crippen molar-refractivity contribution in [3.8, 4) is 11.5 Å². The van der Waals surface area contributed by atoms with Crippen LogP contribution in [0.15, 0.2) is 36.5 Å². The van der Waals surface area contributed by atoms with Crippen LogP contribution < -0.4 is 4.74 Å². The molecule has 1 aliphatic heterocycles. The quantitative estimate of drug-likeness (QED) is 0.704. The molecule has 1 aromatic carbocycles. The lowest BCUT2D eigenvalue weighted by Gasteiger charge is -2.35. The molecule has 28 heavy (non-hydrogen) atoms. The molecule has 0 unspecified atom stereocenters. The van der Waals surface area contributed by atoms with Crippen LogP contribution in [0.4, 0.5) is 0 Å². The van der Waals surface area contributed by atoms with Crippen molar-refractivity contribution in [3.63, 3.8) is 0 Å². The first-order valence-electron chi connectivity index (χ1n) is 8.50. The summed E-state index contributed by atoms with van der Waals surface area (Å²) in [5.41, 5.74) is -0.219. The van der Waals surface area contributed by atoms with E-state index in [9.17, 15) is 24.6 Å². The van der Waals surface area contributed by atoms with Crippen LogP contribution in [0, 0.1) is 0 Å². The number of amides is 1. The fourth-order valence-corrected chi connectivity index (χ4v) is 3.97. The van der Waals surface area contributed by atoms with Crippen LogP contribution in [0.25, 0.3) is 0 Å². The number of aromatic nitrogens is 1. The monoisotopic (exact) mass is 402 g/mol. The average Bonchev–Trinajstić information content (AvgIpc) is 2.72. The van der Waals surface area contributed by atoms with Crippen LogP contribution in [0.2, 0.25) is 0 Å². The molecule has 0 saturated carbocycles. The molecule has 0 bridgehead atoms. The van der Waals surface area contributed by atoms with Gasteiger partial charge in [-0.15, -0.1) is 0 Å². The lowest BCUT2D eigenvalue weighted by atomic mass is 10.1. The minimum Gasteiger partial charge on any atom is -0.507 e. The van der Waals surface area contributed by atoms with Gasteiger partial charge in [0.1, 0.15) is 18.1 Å². The topological polar surface area (TPSA) is 117 Å². The van der Waals surface area contributed by atoms with Crippen LogP contribution >= 0.6 is 11.8 Å². The van der Waals surface area contributed by atoms with E-state index in [1.54, 1.807) is 28.8 Å². The summed E-state index contributed by atoms with van der Waals surface area (Å²) in [6.45, 7) is 0.539. The number of aromatic hydroxyl groups is 1. The molecule has 1 aliphatic rings. The van der Waals surface area contributed by atoms with Gasteiger partial charge in [0.15, 0.2) is 12.0 Å². The molecular formula is C19H18N2O6S. The average molecular weight is 402 g/mol. The second kappa shape index (κ2) is 8.75. The maximum atomic E-state index is 13.0. The highest BCUT2D eigenvalue weighted by Crippen LogP contribution is 2.27. The van der Waals surface area contributed by atoms with E-state index < -0.39 is 11.9 Å². The van der Waals surface area contributed by atoms with Gasteiger partial charge in [-0.3, -0.25) is 9.59 Å². The van der Waals surface area contributed by atoms with E-state index >= 15 is 0 Å². The summed E-state index contributed by atoms with van der Waals surface area (Å²) in [5.74, 6) is -0.324. The smallest absolute Gasteiger partial charge is 0.355 e. The van der Waals surface area contributed by atoms with E-state index in [0.29, 0.717) is 18.6 Å². The maximum absolute atomic E-state index is 13.0. The molecule has 8 nitrogen and oxygen atoms in total. The van der Waals surface area contributed by atoms with Crippen molar-refractivity contribution in [1.82, 2.24) is 9.88 Å². The Hall–Kier alpha value is -3.07. The summed E-state index contributed by atoms with van der Waals surface area (Å²) in [6.07, 6.45) is 1.84. The molecule has 1 atom stereocenters. The number of rotatable bonds is 6. The van der Waals surface area contributed by atoms with Crippen molar-refractivity contribution in [2.24, 2.45) is 0 Å². The van der Waals surface area contributed by atoms with Gasteiger partial charge in [-0.1, -0.05) is 6.07 Å². The largest absolute Gasteiger partial charge is 0.507 e. The number of carbonyl (C=O) groups excluding carboxylic acids is 2. The van der Waals surface area contributed by atoms with Crippen molar-refractivity contribution < 1.29 is 29.3 Å². The van der Waals surface area contributed by atoms with Gasteiger partial charge in [0.2, 0.25) is 0 Å². The molecule has 2 N–H and O–H groups in total. The van der Waals surface area contributed by atoms with Gasteiger partial charge in [0.25, 0.3) is 5.91 Å². The predicted octanol–water partition coefficient (Wildman–Crippen LogP) is 1.93. The SMILES string of the molecule is O=Cc1c(O)cccc1OC[C@H]1CSCCN1C(=O)c1cccnc1C(=O)O. The minimum absolute atomic E-state index is 0.0258. The summed E-state index contributed by atoms with van der Waals surface area (Å²) in [7, 11) is 0. The molecule has 2 heterocycles. The molecular weight excluding hydrogens is 384 g/mol. The second-order valence-corrected chi connectivity index (χ2v) is 7.20. The minimum atomic E-state index is -1.27. The molecule has 0 spiro atoms. The van der Waals surface area contributed by atoms with Crippen LogP contribution in [0.1, 0.15) is 31.2 Å². The number of carboxylic acid groups (broad SMARTS) is 1. The summed E-state index contributed by atoms with van der Waals surface area (Å²) < 4.78 is 5.71. The maximum Gasteiger partial charge on any atom is 0.355 e. The standard InChI is InChI=1S/C19H18N2O6S/c22-9-14-15(23)4-1-5-16(14)27-10-12-11-28-8-7-21(12)18(24)13-3-2-6-20-17(13)19(25)26/h1-6,9,12,23H,7-8,10-11H2,(H,25,26)/t12-/m0/s1. The number of nitrogens with zero attached hydrogens (tertiary/aromatic N) is 2. The molecule has 1 saturated heterocycles. The molecule has 1 fully saturated rings. The molecule has 0 radical (unpaired) electrons. The van der Waals surface area contributed by atoms with Crippen molar-refractivity contribution in [2.75, 3.05) is 24.7 Å².